The fourth-order valence-corrected chi connectivity index (χ4v) is 5.28. The smallest absolute Gasteiger partial charge is 0.267 e. The topological polar surface area (TPSA) is 72.9 Å². The molecule has 1 unspecified atom stereocenters. The number of nitrogens with zero attached hydrogens (tertiary/aromatic N) is 2. The minimum atomic E-state index is -0.545. The Hall–Kier alpha value is -2.34. The van der Waals surface area contributed by atoms with Crippen molar-refractivity contribution in [2.24, 2.45) is 5.92 Å². The second-order valence-electron chi connectivity index (χ2n) is 8.34. The van der Waals surface area contributed by atoms with E-state index in [1.165, 1.54) is 18.9 Å². The molecule has 2 N–H and O–H groups in total. The Balaban J connectivity index is 1.53. The predicted molar refractivity (Wildman–Crippen MR) is 108 cm³/mol. The minimum Gasteiger partial charge on any atom is -0.369 e. The molecule has 2 amide bonds. The van der Waals surface area contributed by atoms with Crippen molar-refractivity contribution in [3.63, 3.8) is 0 Å². The zero-order valence-electron chi connectivity index (χ0n) is 16.3. The molecule has 0 aromatic heterocycles. The first kappa shape index (κ1) is 19.0. The van der Waals surface area contributed by atoms with Crippen LogP contribution in [0.2, 0.25) is 0 Å². The van der Waals surface area contributed by atoms with Crippen molar-refractivity contribution in [3.8, 4) is 0 Å². The SMILES string of the molecule is O=C(C=Cc1ccccc1N1CCC2(CCCN2C(=O)C2CCCC2)C1)NO. The Bertz CT molecular complexity index is 772. The number of hydrogen-bond donors (Lipinski definition) is 2. The molecule has 4 rings (SSSR count). The molecule has 1 spiro atoms. The van der Waals surface area contributed by atoms with Crippen molar-refractivity contribution in [1.29, 1.82) is 0 Å². The first-order valence-corrected chi connectivity index (χ1v) is 10.4. The number of likely N-dealkylation sites (tertiary alicyclic amines) is 1. The fraction of sp³-hybridized carbons (Fsp3) is 0.545. The first-order chi connectivity index (χ1) is 13.6. The number of benzene rings is 1. The monoisotopic (exact) mass is 383 g/mol. The molecule has 2 saturated heterocycles. The first-order valence-electron chi connectivity index (χ1n) is 10.4. The van der Waals surface area contributed by atoms with Gasteiger partial charge in [0.1, 0.15) is 0 Å². The zero-order valence-corrected chi connectivity index (χ0v) is 16.3. The highest BCUT2D eigenvalue weighted by molar-refractivity contribution is 5.92. The normalized spacial score (nSPS) is 25.3. The third-order valence-electron chi connectivity index (χ3n) is 6.70. The summed E-state index contributed by atoms with van der Waals surface area (Å²) in [6, 6.07) is 7.97. The van der Waals surface area contributed by atoms with Gasteiger partial charge in [0.2, 0.25) is 5.91 Å². The van der Waals surface area contributed by atoms with Gasteiger partial charge < -0.3 is 9.80 Å². The fourth-order valence-electron chi connectivity index (χ4n) is 5.28. The second kappa shape index (κ2) is 7.95. The van der Waals surface area contributed by atoms with E-state index in [-0.39, 0.29) is 11.5 Å². The van der Waals surface area contributed by atoms with Crippen LogP contribution in [0.4, 0.5) is 5.69 Å². The lowest BCUT2D eigenvalue weighted by Gasteiger charge is -2.37. The van der Waals surface area contributed by atoms with E-state index in [0.29, 0.717) is 5.91 Å². The molecule has 2 heterocycles. The lowest BCUT2D eigenvalue weighted by atomic mass is 9.93. The largest absolute Gasteiger partial charge is 0.369 e. The Morgan fingerprint density at radius 3 is 2.68 bits per heavy atom. The molecule has 0 bridgehead atoms. The molecule has 2 aliphatic heterocycles. The number of nitrogens with one attached hydrogen (secondary N) is 1. The summed E-state index contributed by atoms with van der Waals surface area (Å²) in [7, 11) is 0. The van der Waals surface area contributed by atoms with E-state index < -0.39 is 5.91 Å². The van der Waals surface area contributed by atoms with Gasteiger partial charge in [-0.15, -0.1) is 0 Å². The van der Waals surface area contributed by atoms with Gasteiger partial charge in [-0.1, -0.05) is 31.0 Å². The molecule has 1 atom stereocenters. The molecule has 6 nitrogen and oxygen atoms in total. The Labute approximate surface area is 166 Å². The molecule has 1 aliphatic carbocycles. The van der Waals surface area contributed by atoms with Crippen LogP contribution in [-0.2, 0) is 9.59 Å². The molecule has 3 fully saturated rings. The zero-order chi connectivity index (χ0) is 19.6. The minimum absolute atomic E-state index is 0.0427. The number of carbonyl (C=O) groups excluding carboxylic acids is 2. The van der Waals surface area contributed by atoms with E-state index in [4.69, 9.17) is 5.21 Å². The summed E-state index contributed by atoms with van der Waals surface area (Å²) < 4.78 is 0. The van der Waals surface area contributed by atoms with Crippen LogP contribution in [0.3, 0.4) is 0 Å². The molecule has 150 valence electrons. The van der Waals surface area contributed by atoms with Gasteiger partial charge in [0.25, 0.3) is 5.91 Å². The van der Waals surface area contributed by atoms with E-state index in [0.717, 1.165) is 63.0 Å². The number of anilines is 1. The summed E-state index contributed by atoms with van der Waals surface area (Å²) >= 11 is 0. The molecular weight excluding hydrogens is 354 g/mol. The van der Waals surface area contributed by atoms with E-state index in [2.05, 4.69) is 15.9 Å². The summed E-state index contributed by atoms with van der Waals surface area (Å²) in [6.45, 7) is 2.65. The standard InChI is InChI=1S/C22H29N3O3/c26-20(23-28)11-10-17-6-3-4-9-19(17)24-15-13-22(16-24)12-5-14-25(22)21(27)18-7-1-2-8-18/h3-4,6,9-11,18,28H,1-2,5,7-8,12-16H2,(H,23,26). The molecule has 1 aromatic carbocycles. The van der Waals surface area contributed by atoms with Gasteiger partial charge in [-0.25, -0.2) is 5.48 Å². The third kappa shape index (κ3) is 3.53. The van der Waals surface area contributed by atoms with Gasteiger partial charge in [-0.3, -0.25) is 14.8 Å². The molecular formula is C22H29N3O3. The van der Waals surface area contributed by atoms with Crippen molar-refractivity contribution in [3.05, 3.63) is 35.9 Å². The van der Waals surface area contributed by atoms with Crippen LogP contribution in [0.1, 0.15) is 50.5 Å². The van der Waals surface area contributed by atoms with Crippen LogP contribution in [0.5, 0.6) is 0 Å². The van der Waals surface area contributed by atoms with E-state index in [1.807, 2.05) is 18.2 Å². The summed E-state index contributed by atoms with van der Waals surface area (Å²) in [6.07, 6.45) is 10.7. The Morgan fingerprint density at radius 2 is 1.89 bits per heavy atom. The Morgan fingerprint density at radius 1 is 1.11 bits per heavy atom. The average Bonchev–Trinajstić information content (AvgIpc) is 3.48. The number of rotatable bonds is 4. The number of hydroxylamine groups is 1. The van der Waals surface area contributed by atoms with Crippen molar-refractivity contribution >= 4 is 23.6 Å². The summed E-state index contributed by atoms with van der Waals surface area (Å²) in [4.78, 5) is 29.1. The maximum atomic E-state index is 13.2. The van der Waals surface area contributed by atoms with Gasteiger partial charge in [-0.05, 0) is 49.8 Å². The van der Waals surface area contributed by atoms with E-state index in [9.17, 15) is 9.59 Å². The van der Waals surface area contributed by atoms with Crippen LogP contribution in [0.15, 0.2) is 30.3 Å². The maximum Gasteiger partial charge on any atom is 0.267 e. The molecule has 0 radical (unpaired) electrons. The summed E-state index contributed by atoms with van der Waals surface area (Å²) in [5, 5.41) is 8.71. The van der Waals surface area contributed by atoms with Crippen molar-refractivity contribution in [2.45, 2.75) is 50.5 Å². The van der Waals surface area contributed by atoms with Crippen molar-refractivity contribution in [2.75, 3.05) is 24.5 Å². The number of carbonyl (C=O) groups is 2. The highest BCUT2D eigenvalue weighted by Gasteiger charge is 2.49. The van der Waals surface area contributed by atoms with Crippen LogP contribution in [0.25, 0.3) is 6.08 Å². The van der Waals surface area contributed by atoms with Crippen LogP contribution in [-0.4, -0.2) is 47.1 Å². The van der Waals surface area contributed by atoms with Gasteiger partial charge in [-0.2, -0.15) is 0 Å². The molecule has 28 heavy (non-hydrogen) atoms. The van der Waals surface area contributed by atoms with Gasteiger partial charge in [0.15, 0.2) is 0 Å². The lowest BCUT2D eigenvalue weighted by Crippen LogP contribution is -2.51. The van der Waals surface area contributed by atoms with Gasteiger partial charge in [0.05, 0.1) is 5.54 Å². The van der Waals surface area contributed by atoms with Crippen LogP contribution >= 0.6 is 0 Å². The highest BCUT2D eigenvalue weighted by atomic mass is 16.5. The highest BCUT2D eigenvalue weighted by Crippen LogP contribution is 2.42. The second-order valence-corrected chi connectivity index (χ2v) is 8.34. The average molecular weight is 383 g/mol. The summed E-state index contributed by atoms with van der Waals surface area (Å²) in [5.41, 5.74) is 3.59. The van der Waals surface area contributed by atoms with Crippen molar-refractivity contribution < 1.29 is 14.8 Å². The summed E-state index contributed by atoms with van der Waals surface area (Å²) in [5.74, 6) is 0.0673. The molecule has 1 aromatic rings. The quantitative estimate of drug-likeness (QED) is 0.476. The third-order valence-corrected chi connectivity index (χ3v) is 6.70. The van der Waals surface area contributed by atoms with Crippen LogP contribution in [0, 0.1) is 5.92 Å². The lowest BCUT2D eigenvalue weighted by molar-refractivity contribution is -0.139. The van der Waals surface area contributed by atoms with E-state index >= 15 is 0 Å². The van der Waals surface area contributed by atoms with Gasteiger partial charge >= 0.3 is 0 Å². The Kier molecular flexibility index (Phi) is 5.40. The van der Waals surface area contributed by atoms with E-state index in [1.54, 1.807) is 11.6 Å². The number of para-hydroxylation sites is 1. The van der Waals surface area contributed by atoms with Crippen LogP contribution < -0.4 is 10.4 Å². The molecule has 6 heteroatoms. The molecule has 1 saturated carbocycles. The van der Waals surface area contributed by atoms with Crippen molar-refractivity contribution in [1.82, 2.24) is 10.4 Å². The maximum absolute atomic E-state index is 13.2. The van der Waals surface area contributed by atoms with Gasteiger partial charge in [0, 0.05) is 37.3 Å². The number of hydrogen-bond acceptors (Lipinski definition) is 4. The molecule has 3 aliphatic rings. The predicted octanol–water partition coefficient (Wildman–Crippen LogP) is 2.97. The number of amides is 2.